The molecular weight excluding hydrogens is 360 g/mol. The summed E-state index contributed by atoms with van der Waals surface area (Å²) in [5.74, 6) is -0.173. The second-order valence-corrected chi connectivity index (χ2v) is 7.24. The summed E-state index contributed by atoms with van der Waals surface area (Å²) in [5.41, 5.74) is 1.19. The Morgan fingerprint density at radius 3 is 2.74 bits per heavy atom. The van der Waals surface area contributed by atoms with Crippen molar-refractivity contribution in [1.29, 1.82) is 0 Å². The molecule has 1 amide bonds. The first-order valence-corrected chi connectivity index (χ1v) is 8.65. The third kappa shape index (κ3) is 4.41. The fourth-order valence-electron chi connectivity index (χ4n) is 2.97. The standard InChI is InChI=1S/C17H21BrN2O3/c1-12(2)11-19(16-9-4-3-8-15(16)18)17(21)13-6-5-7-14(10-13)20(22)23/h5-7,10,15-16H,1,3-4,8-9,11H2,2H3. The van der Waals surface area contributed by atoms with Crippen molar-refractivity contribution in [3.05, 3.63) is 52.1 Å². The normalized spacial score (nSPS) is 20.8. The summed E-state index contributed by atoms with van der Waals surface area (Å²) in [4.78, 5) is 25.5. The molecule has 0 aliphatic heterocycles. The molecule has 1 fully saturated rings. The van der Waals surface area contributed by atoms with Gasteiger partial charge in [0.2, 0.25) is 0 Å². The van der Waals surface area contributed by atoms with E-state index in [1.54, 1.807) is 17.0 Å². The largest absolute Gasteiger partial charge is 0.331 e. The molecule has 1 saturated carbocycles. The lowest BCUT2D eigenvalue weighted by Gasteiger charge is -2.38. The second-order valence-electron chi connectivity index (χ2n) is 6.07. The number of amides is 1. The highest BCUT2D eigenvalue weighted by atomic mass is 79.9. The van der Waals surface area contributed by atoms with Gasteiger partial charge in [0.25, 0.3) is 11.6 Å². The fraction of sp³-hybridized carbons (Fsp3) is 0.471. The number of non-ortho nitro benzene ring substituents is 1. The van der Waals surface area contributed by atoms with E-state index in [1.165, 1.54) is 12.1 Å². The van der Waals surface area contributed by atoms with Crippen LogP contribution < -0.4 is 0 Å². The van der Waals surface area contributed by atoms with Crippen LogP contribution in [-0.4, -0.2) is 33.1 Å². The Kier molecular flexibility index (Phi) is 5.93. The minimum atomic E-state index is -0.478. The molecule has 0 bridgehead atoms. The highest BCUT2D eigenvalue weighted by molar-refractivity contribution is 9.09. The van der Waals surface area contributed by atoms with E-state index in [1.807, 2.05) is 6.92 Å². The van der Waals surface area contributed by atoms with E-state index < -0.39 is 4.92 Å². The monoisotopic (exact) mass is 380 g/mol. The van der Waals surface area contributed by atoms with Crippen molar-refractivity contribution in [3.63, 3.8) is 0 Å². The topological polar surface area (TPSA) is 63.5 Å². The number of carbonyl (C=O) groups is 1. The van der Waals surface area contributed by atoms with Gasteiger partial charge in [-0.2, -0.15) is 0 Å². The summed E-state index contributed by atoms with van der Waals surface area (Å²) in [6, 6.07) is 6.02. The number of nitro groups is 1. The molecule has 2 atom stereocenters. The number of rotatable bonds is 5. The molecule has 0 N–H and O–H groups in total. The van der Waals surface area contributed by atoms with Gasteiger partial charge < -0.3 is 4.90 Å². The lowest BCUT2D eigenvalue weighted by molar-refractivity contribution is -0.384. The maximum atomic E-state index is 12.9. The molecule has 1 aliphatic rings. The summed E-state index contributed by atoms with van der Waals surface area (Å²) in [5, 5.41) is 10.9. The highest BCUT2D eigenvalue weighted by Crippen LogP contribution is 2.30. The van der Waals surface area contributed by atoms with Crippen LogP contribution in [0, 0.1) is 10.1 Å². The SMILES string of the molecule is C=C(C)CN(C(=O)c1cccc([N+](=O)[O-])c1)C1CCCCC1Br. The zero-order chi connectivity index (χ0) is 17.0. The summed E-state index contributed by atoms with van der Waals surface area (Å²) in [7, 11) is 0. The van der Waals surface area contributed by atoms with Gasteiger partial charge in [0, 0.05) is 35.1 Å². The van der Waals surface area contributed by atoms with Crippen molar-refractivity contribution in [2.24, 2.45) is 0 Å². The number of benzene rings is 1. The molecule has 1 aliphatic carbocycles. The zero-order valence-corrected chi connectivity index (χ0v) is 14.8. The van der Waals surface area contributed by atoms with Crippen LogP contribution in [0.3, 0.4) is 0 Å². The maximum absolute atomic E-state index is 12.9. The van der Waals surface area contributed by atoms with Gasteiger partial charge >= 0.3 is 0 Å². The third-order valence-corrected chi connectivity index (χ3v) is 5.12. The van der Waals surface area contributed by atoms with Crippen LogP contribution in [0.15, 0.2) is 36.4 Å². The van der Waals surface area contributed by atoms with Gasteiger partial charge in [-0.3, -0.25) is 14.9 Å². The lowest BCUT2D eigenvalue weighted by Crippen LogP contribution is -2.47. The minimum Gasteiger partial charge on any atom is -0.331 e. The van der Waals surface area contributed by atoms with Crippen molar-refractivity contribution >= 4 is 27.5 Å². The van der Waals surface area contributed by atoms with Gasteiger partial charge in [-0.15, -0.1) is 0 Å². The van der Waals surface area contributed by atoms with Crippen molar-refractivity contribution in [2.75, 3.05) is 6.54 Å². The number of nitro benzene ring substituents is 1. The van der Waals surface area contributed by atoms with Crippen LogP contribution in [0.4, 0.5) is 5.69 Å². The first kappa shape index (κ1) is 17.7. The number of carbonyl (C=O) groups excluding carboxylic acids is 1. The van der Waals surface area contributed by atoms with E-state index in [-0.39, 0.29) is 22.5 Å². The number of hydrogen-bond donors (Lipinski definition) is 0. The van der Waals surface area contributed by atoms with Crippen molar-refractivity contribution < 1.29 is 9.72 Å². The Balaban J connectivity index is 2.30. The van der Waals surface area contributed by atoms with E-state index in [9.17, 15) is 14.9 Å². The van der Waals surface area contributed by atoms with Gasteiger partial charge in [-0.25, -0.2) is 0 Å². The van der Waals surface area contributed by atoms with Crippen LogP contribution in [-0.2, 0) is 0 Å². The Hall–Kier alpha value is -1.69. The van der Waals surface area contributed by atoms with Gasteiger partial charge in [-0.1, -0.05) is 47.0 Å². The summed E-state index contributed by atoms with van der Waals surface area (Å²) in [6.07, 6.45) is 4.20. The van der Waals surface area contributed by atoms with E-state index in [2.05, 4.69) is 22.5 Å². The summed E-state index contributed by atoms with van der Waals surface area (Å²) < 4.78 is 0. The number of halogens is 1. The molecule has 0 spiro atoms. The molecule has 2 unspecified atom stereocenters. The van der Waals surface area contributed by atoms with Crippen LogP contribution in [0.5, 0.6) is 0 Å². The van der Waals surface area contributed by atoms with Crippen LogP contribution >= 0.6 is 15.9 Å². The van der Waals surface area contributed by atoms with Gasteiger partial charge in [0.15, 0.2) is 0 Å². The number of hydrogen-bond acceptors (Lipinski definition) is 3. The third-order valence-electron chi connectivity index (χ3n) is 4.05. The van der Waals surface area contributed by atoms with Gasteiger partial charge in [0.1, 0.15) is 0 Å². The second kappa shape index (κ2) is 7.73. The molecule has 5 nitrogen and oxygen atoms in total. The van der Waals surface area contributed by atoms with Crippen LogP contribution in [0.25, 0.3) is 0 Å². The Morgan fingerprint density at radius 1 is 1.43 bits per heavy atom. The molecule has 0 saturated heterocycles. The van der Waals surface area contributed by atoms with E-state index in [0.717, 1.165) is 31.3 Å². The first-order chi connectivity index (χ1) is 10.9. The molecule has 0 radical (unpaired) electrons. The fourth-order valence-corrected chi connectivity index (χ4v) is 3.84. The highest BCUT2D eigenvalue weighted by Gasteiger charge is 2.32. The molecule has 0 aromatic heterocycles. The maximum Gasteiger partial charge on any atom is 0.270 e. The van der Waals surface area contributed by atoms with Gasteiger partial charge in [0.05, 0.1) is 4.92 Å². The predicted octanol–water partition coefficient (Wildman–Crippen LogP) is 4.32. The Morgan fingerprint density at radius 2 is 2.13 bits per heavy atom. The lowest BCUT2D eigenvalue weighted by atomic mass is 9.93. The van der Waals surface area contributed by atoms with E-state index in [4.69, 9.17) is 0 Å². The molecular formula is C17H21BrN2O3. The smallest absolute Gasteiger partial charge is 0.270 e. The predicted molar refractivity (Wildman–Crippen MR) is 93.9 cm³/mol. The van der Waals surface area contributed by atoms with Crippen molar-refractivity contribution in [2.45, 2.75) is 43.5 Å². The Labute approximate surface area is 144 Å². The van der Waals surface area contributed by atoms with Gasteiger partial charge in [-0.05, 0) is 25.8 Å². The number of nitrogens with zero attached hydrogens (tertiary/aromatic N) is 2. The molecule has 23 heavy (non-hydrogen) atoms. The minimum absolute atomic E-state index is 0.0647. The Bertz CT molecular complexity index is 618. The molecule has 1 aromatic rings. The number of alkyl halides is 1. The molecule has 1 aromatic carbocycles. The zero-order valence-electron chi connectivity index (χ0n) is 13.2. The molecule has 124 valence electrons. The summed E-state index contributed by atoms with van der Waals surface area (Å²) in [6.45, 7) is 6.27. The van der Waals surface area contributed by atoms with E-state index in [0.29, 0.717) is 12.1 Å². The molecule has 0 heterocycles. The average molecular weight is 381 g/mol. The van der Waals surface area contributed by atoms with Crippen LogP contribution in [0.2, 0.25) is 0 Å². The van der Waals surface area contributed by atoms with Crippen molar-refractivity contribution in [1.82, 2.24) is 4.90 Å². The average Bonchev–Trinajstić information content (AvgIpc) is 2.52. The van der Waals surface area contributed by atoms with Crippen molar-refractivity contribution in [3.8, 4) is 0 Å². The van der Waals surface area contributed by atoms with Crippen LogP contribution in [0.1, 0.15) is 43.0 Å². The molecule has 2 rings (SSSR count). The summed E-state index contributed by atoms with van der Waals surface area (Å²) >= 11 is 3.69. The first-order valence-electron chi connectivity index (χ1n) is 7.74. The van der Waals surface area contributed by atoms with E-state index >= 15 is 0 Å². The molecule has 6 heteroatoms. The quantitative estimate of drug-likeness (QED) is 0.330.